The highest BCUT2D eigenvalue weighted by Gasteiger charge is 2.40. The second kappa shape index (κ2) is 6.78. The number of nitrogens with zero attached hydrogens (tertiary/aromatic N) is 1. The van der Waals surface area contributed by atoms with Gasteiger partial charge in [0.1, 0.15) is 13.1 Å². The molecule has 0 aliphatic carbocycles. The van der Waals surface area contributed by atoms with Crippen molar-refractivity contribution in [3.8, 4) is 0 Å². The van der Waals surface area contributed by atoms with Gasteiger partial charge in [0.05, 0.1) is 18.8 Å². The summed E-state index contributed by atoms with van der Waals surface area (Å²) >= 11 is 0. The Morgan fingerprint density at radius 3 is 3.04 bits per heavy atom. The quantitative estimate of drug-likeness (QED) is 0.776. The van der Waals surface area contributed by atoms with Gasteiger partial charge in [0, 0.05) is 12.0 Å². The zero-order valence-corrected chi connectivity index (χ0v) is 13.0. The molecule has 2 unspecified atom stereocenters. The van der Waals surface area contributed by atoms with Crippen LogP contribution in [0.15, 0.2) is 29.3 Å². The largest absolute Gasteiger partial charge is 0.465 e. The first-order chi connectivity index (χ1) is 11.2. The maximum atomic E-state index is 11.8. The summed E-state index contributed by atoms with van der Waals surface area (Å²) in [5, 5.41) is 2.41. The second-order valence-corrected chi connectivity index (χ2v) is 5.50. The number of hydrogen-bond acceptors (Lipinski definition) is 5. The van der Waals surface area contributed by atoms with Crippen LogP contribution in [0.1, 0.15) is 18.9 Å². The molecule has 0 spiro atoms. The molecular formula is C16H20N3O4+. The van der Waals surface area contributed by atoms with E-state index in [2.05, 4.69) is 16.4 Å². The van der Waals surface area contributed by atoms with Gasteiger partial charge in [-0.3, -0.25) is 9.69 Å². The minimum Gasteiger partial charge on any atom is -0.465 e. The van der Waals surface area contributed by atoms with E-state index >= 15 is 0 Å². The lowest BCUT2D eigenvalue weighted by molar-refractivity contribution is -0.814. The van der Waals surface area contributed by atoms with Crippen molar-refractivity contribution in [2.75, 3.05) is 19.7 Å². The van der Waals surface area contributed by atoms with Gasteiger partial charge in [-0.25, -0.2) is 4.79 Å². The average molecular weight is 318 g/mol. The molecule has 0 saturated carbocycles. The predicted molar refractivity (Wildman–Crippen MR) is 82.6 cm³/mol. The molecule has 1 fully saturated rings. The van der Waals surface area contributed by atoms with Crippen LogP contribution in [0.5, 0.6) is 0 Å². The molecule has 2 heterocycles. The molecule has 3 rings (SSSR count). The van der Waals surface area contributed by atoms with Crippen molar-refractivity contribution in [2.45, 2.75) is 26.0 Å². The molecule has 2 atom stereocenters. The summed E-state index contributed by atoms with van der Waals surface area (Å²) in [5.74, 6) is 0.377. The zero-order chi connectivity index (χ0) is 16.2. The van der Waals surface area contributed by atoms with Gasteiger partial charge in [-0.2, -0.15) is 4.99 Å². The molecule has 2 aliphatic rings. The van der Waals surface area contributed by atoms with Gasteiger partial charge < -0.3 is 14.8 Å². The Kier molecular flexibility index (Phi) is 4.57. The molecule has 0 radical (unpaired) electrons. The number of nitrogens with one attached hydrogen (secondary N) is 2. The number of amides is 1. The maximum Gasteiger partial charge on any atom is 0.408 e. The number of hydrogen-bond donors (Lipinski definition) is 2. The van der Waals surface area contributed by atoms with E-state index in [1.54, 1.807) is 6.92 Å². The Bertz CT molecular complexity index is 644. The summed E-state index contributed by atoms with van der Waals surface area (Å²) in [6.07, 6.45) is -0.235. The Morgan fingerprint density at radius 2 is 2.22 bits per heavy atom. The van der Waals surface area contributed by atoms with Crippen molar-refractivity contribution >= 4 is 23.6 Å². The van der Waals surface area contributed by atoms with Crippen molar-refractivity contribution in [1.29, 1.82) is 0 Å². The van der Waals surface area contributed by atoms with Crippen LogP contribution in [-0.4, -0.2) is 43.7 Å². The monoisotopic (exact) mass is 318 g/mol. The lowest BCUT2D eigenvalue weighted by Gasteiger charge is -2.21. The van der Waals surface area contributed by atoms with E-state index in [0.717, 1.165) is 31.0 Å². The van der Waals surface area contributed by atoms with Gasteiger partial charge in [-0.05, 0) is 13.0 Å². The summed E-state index contributed by atoms with van der Waals surface area (Å²) in [6, 6.07) is 7.99. The number of rotatable bonds is 4. The molecular weight excluding hydrogens is 298 g/mol. The number of benzene rings is 1. The van der Waals surface area contributed by atoms with Crippen molar-refractivity contribution in [3.63, 3.8) is 0 Å². The number of para-hydroxylation sites is 1. The van der Waals surface area contributed by atoms with Crippen molar-refractivity contribution in [3.05, 3.63) is 29.8 Å². The number of esters is 1. The lowest BCUT2D eigenvalue weighted by atomic mass is 10.1. The number of ether oxygens (including phenoxy) is 2. The van der Waals surface area contributed by atoms with Gasteiger partial charge in [-0.1, -0.05) is 18.2 Å². The number of alkyl carbamates (subject to hydrolysis) is 1. The summed E-state index contributed by atoms with van der Waals surface area (Å²) in [7, 11) is 0. The van der Waals surface area contributed by atoms with Gasteiger partial charge in [0.2, 0.25) is 11.9 Å². The molecule has 1 saturated heterocycles. The van der Waals surface area contributed by atoms with Gasteiger partial charge >= 0.3 is 12.1 Å². The fourth-order valence-electron chi connectivity index (χ4n) is 2.90. The molecule has 7 nitrogen and oxygen atoms in total. The summed E-state index contributed by atoms with van der Waals surface area (Å²) in [4.78, 5) is 28.9. The molecule has 7 heteroatoms. The SMILES string of the molecule is CCOC(=O)CNC(=O)OC1CC[NH+]2Cc3ccccc3N=C12. The van der Waals surface area contributed by atoms with Crippen LogP contribution in [-0.2, 0) is 20.8 Å². The summed E-state index contributed by atoms with van der Waals surface area (Å²) in [5.41, 5.74) is 2.15. The van der Waals surface area contributed by atoms with E-state index in [0.29, 0.717) is 0 Å². The van der Waals surface area contributed by atoms with Crippen molar-refractivity contribution in [2.24, 2.45) is 4.99 Å². The Labute approximate surface area is 134 Å². The van der Waals surface area contributed by atoms with E-state index in [9.17, 15) is 9.59 Å². The first-order valence-electron chi connectivity index (χ1n) is 7.79. The van der Waals surface area contributed by atoms with Crippen molar-refractivity contribution in [1.82, 2.24) is 5.32 Å². The molecule has 0 bridgehead atoms. The highest BCUT2D eigenvalue weighted by atomic mass is 16.6. The maximum absolute atomic E-state index is 11.8. The molecule has 0 aromatic heterocycles. The third-order valence-corrected chi connectivity index (χ3v) is 3.94. The smallest absolute Gasteiger partial charge is 0.408 e. The van der Waals surface area contributed by atoms with E-state index in [1.807, 2.05) is 18.2 Å². The van der Waals surface area contributed by atoms with Crippen LogP contribution in [0.2, 0.25) is 0 Å². The first kappa shape index (κ1) is 15.5. The molecule has 1 aromatic rings. The first-order valence-corrected chi connectivity index (χ1v) is 7.79. The van der Waals surface area contributed by atoms with Crippen LogP contribution in [0.3, 0.4) is 0 Å². The van der Waals surface area contributed by atoms with E-state index < -0.39 is 12.1 Å². The summed E-state index contributed by atoms with van der Waals surface area (Å²) in [6.45, 7) is 3.55. The second-order valence-electron chi connectivity index (χ2n) is 5.50. The fraction of sp³-hybridized carbons (Fsp3) is 0.438. The van der Waals surface area contributed by atoms with Crippen LogP contribution in [0, 0.1) is 0 Å². The standard InChI is InChI=1S/C16H19N3O4/c1-2-22-14(20)9-17-16(21)23-13-7-8-19-10-11-5-3-4-6-12(11)18-15(13)19/h3-6,13H,2,7-10H2,1H3,(H,17,21)/p+1. The summed E-state index contributed by atoms with van der Waals surface area (Å²) < 4.78 is 10.2. The number of carbonyl (C=O) groups is 2. The molecule has 1 amide bonds. The number of fused-ring (bicyclic) bond motifs is 2. The third kappa shape index (κ3) is 3.50. The number of aliphatic imine (C=N–C) groups is 1. The molecule has 23 heavy (non-hydrogen) atoms. The van der Waals surface area contributed by atoms with Gasteiger partial charge in [0.25, 0.3) is 0 Å². The highest BCUT2D eigenvalue weighted by molar-refractivity contribution is 5.86. The molecule has 2 N–H and O–H groups in total. The van der Waals surface area contributed by atoms with Crippen LogP contribution in [0.25, 0.3) is 0 Å². The van der Waals surface area contributed by atoms with Crippen molar-refractivity contribution < 1.29 is 24.0 Å². The third-order valence-electron chi connectivity index (χ3n) is 3.94. The van der Waals surface area contributed by atoms with Crippen LogP contribution >= 0.6 is 0 Å². The van der Waals surface area contributed by atoms with Crippen LogP contribution < -0.4 is 10.2 Å². The Balaban J connectivity index is 1.60. The predicted octanol–water partition coefficient (Wildman–Crippen LogP) is 0.177. The average Bonchev–Trinajstić information content (AvgIpc) is 2.93. The van der Waals surface area contributed by atoms with Gasteiger partial charge in [0.15, 0.2) is 0 Å². The Hall–Kier alpha value is -2.41. The van der Waals surface area contributed by atoms with Gasteiger partial charge in [-0.15, -0.1) is 0 Å². The van der Waals surface area contributed by atoms with E-state index in [-0.39, 0.29) is 19.3 Å². The van der Waals surface area contributed by atoms with Crippen LogP contribution in [0.4, 0.5) is 10.5 Å². The van der Waals surface area contributed by atoms with E-state index in [4.69, 9.17) is 9.47 Å². The fourth-order valence-corrected chi connectivity index (χ4v) is 2.90. The zero-order valence-electron chi connectivity index (χ0n) is 13.0. The minimum absolute atomic E-state index is 0.189. The highest BCUT2D eigenvalue weighted by Crippen LogP contribution is 2.22. The topological polar surface area (TPSA) is 81.4 Å². The number of carbonyl (C=O) groups excluding carboxylic acids is 2. The number of quaternary nitrogens is 1. The van der Waals surface area contributed by atoms with E-state index in [1.165, 1.54) is 10.5 Å². The molecule has 1 aromatic carbocycles. The Morgan fingerprint density at radius 1 is 1.39 bits per heavy atom. The molecule has 122 valence electrons. The minimum atomic E-state index is -0.620. The lowest BCUT2D eigenvalue weighted by Crippen LogP contribution is -3.12. The normalized spacial score (nSPS) is 21.7. The molecule has 2 aliphatic heterocycles. The number of amidine groups is 1.